The predicted molar refractivity (Wildman–Crippen MR) is 108 cm³/mol. The predicted octanol–water partition coefficient (Wildman–Crippen LogP) is 4.45. The molecule has 0 aliphatic carbocycles. The van der Waals surface area contributed by atoms with Crippen LogP contribution in [0.5, 0.6) is 17.4 Å². The van der Waals surface area contributed by atoms with E-state index in [0.717, 1.165) is 10.4 Å². The normalized spacial score (nSPS) is 13.0. The van der Waals surface area contributed by atoms with Crippen molar-refractivity contribution >= 4 is 17.2 Å². The van der Waals surface area contributed by atoms with E-state index < -0.39 is 12.8 Å². The molecule has 0 atom stereocenters. The molecule has 2 aromatic heterocycles. The highest BCUT2D eigenvalue weighted by atomic mass is 32.1. The Morgan fingerprint density at radius 1 is 1.13 bits per heavy atom. The van der Waals surface area contributed by atoms with Gasteiger partial charge in [0.25, 0.3) is 5.91 Å². The molecule has 6 nitrogen and oxygen atoms in total. The SMILES string of the molecule is O=C(NCc1cccnc1OCC(F)(F)F)c1ccc(-c2ccc3c(c2)OCCO3)s1. The van der Waals surface area contributed by atoms with E-state index in [1.165, 1.54) is 17.5 Å². The van der Waals surface area contributed by atoms with Crippen LogP contribution in [-0.2, 0) is 6.54 Å². The molecule has 31 heavy (non-hydrogen) atoms. The molecule has 1 amide bonds. The number of hydrogen-bond donors (Lipinski definition) is 1. The van der Waals surface area contributed by atoms with Crippen molar-refractivity contribution < 1.29 is 32.2 Å². The van der Waals surface area contributed by atoms with Crippen LogP contribution in [0.25, 0.3) is 10.4 Å². The largest absolute Gasteiger partial charge is 0.486 e. The number of carbonyl (C=O) groups excluding carboxylic acids is 1. The summed E-state index contributed by atoms with van der Waals surface area (Å²) in [6.07, 6.45) is -3.14. The number of benzene rings is 1. The molecule has 4 rings (SSSR count). The molecule has 1 N–H and O–H groups in total. The van der Waals surface area contributed by atoms with Gasteiger partial charge in [0, 0.05) is 23.2 Å². The molecule has 0 bridgehead atoms. The topological polar surface area (TPSA) is 69.7 Å². The summed E-state index contributed by atoms with van der Waals surface area (Å²) in [5.74, 6) is 0.832. The zero-order valence-corrected chi connectivity index (χ0v) is 16.9. The quantitative estimate of drug-likeness (QED) is 0.601. The number of alkyl halides is 3. The van der Waals surface area contributed by atoms with E-state index in [1.807, 2.05) is 24.3 Å². The molecule has 0 unspecified atom stereocenters. The van der Waals surface area contributed by atoms with Gasteiger partial charge in [0.1, 0.15) is 13.2 Å². The van der Waals surface area contributed by atoms with Crippen molar-refractivity contribution in [3.63, 3.8) is 0 Å². The molecule has 10 heteroatoms. The van der Waals surface area contributed by atoms with Crippen LogP contribution >= 0.6 is 11.3 Å². The van der Waals surface area contributed by atoms with Gasteiger partial charge < -0.3 is 19.5 Å². The monoisotopic (exact) mass is 450 g/mol. The van der Waals surface area contributed by atoms with E-state index in [2.05, 4.69) is 10.3 Å². The number of pyridine rings is 1. The lowest BCUT2D eigenvalue weighted by Gasteiger charge is -2.18. The van der Waals surface area contributed by atoms with Crippen LogP contribution in [0.4, 0.5) is 13.2 Å². The molecular weight excluding hydrogens is 433 g/mol. The minimum atomic E-state index is -4.47. The van der Waals surface area contributed by atoms with Gasteiger partial charge in [-0.25, -0.2) is 4.98 Å². The van der Waals surface area contributed by atoms with Crippen molar-refractivity contribution in [1.29, 1.82) is 0 Å². The first-order valence-corrected chi connectivity index (χ1v) is 10.1. The van der Waals surface area contributed by atoms with Gasteiger partial charge in [-0.3, -0.25) is 4.79 Å². The lowest BCUT2D eigenvalue weighted by molar-refractivity contribution is -0.154. The summed E-state index contributed by atoms with van der Waals surface area (Å²) in [4.78, 5) is 17.7. The van der Waals surface area contributed by atoms with Crippen LogP contribution in [0.3, 0.4) is 0 Å². The van der Waals surface area contributed by atoms with E-state index in [0.29, 0.717) is 35.2 Å². The number of nitrogens with zero attached hydrogens (tertiary/aromatic N) is 1. The molecule has 1 aliphatic rings. The number of halogens is 3. The standard InChI is InChI=1S/C21H17F3N2O4S/c22-21(23,24)12-30-20-14(2-1-7-25-20)11-26-19(27)18-6-5-17(31-18)13-3-4-15-16(10-13)29-9-8-28-15/h1-7,10H,8-9,11-12H2,(H,26,27). The zero-order valence-electron chi connectivity index (χ0n) is 16.1. The Balaban J connectivity index is 1.41. The number of rotatable bonds is 6. The van der Waals surface area contributed by atoms with E-state index in [4.69, 9.17) is 14.2 Å². The number of thiophene rings is 1. The van der Waals surface area contributed by atoms with E-state index in [9.17, 15) is 18.0 Å². The van der Waals surface area contributed by atoms with Crippen molar-refractivity contribution in [2.45, 2.75) is 12.7 Å². The summed E-state index contributed by atoms with van der Waals surface area (Å²) in [5.41, 5.74) is 1.24. The zero-order chi connectivity index (χ0) is 21.8. The number of aromatic nitrogens is 1. The number of amides is 1. The van der Waals surface area contributed by atoms with Crippen molar-refractivity contribution in [3.05, 3.63) is 59.1 Å². The average Bonchev–Trinajstić information content (AvgIpc) is 3.26. The highest BCUT2D eigenvalue weighted by Gasteiger charge is 2.29. The summed E-state index contributed by atoms with van der Waals surface area (Å²) in [5, 5.41) is 2.69. The van der Waals surface area contributed by atoms with Crippen LogP contribution < -0.4 is 19.5 Å². The third kappa shape index (κ3) is 5.26. The second-order valence-corrected chi connectivity index (χ2v) is 7.66. The van der Waals surface area contributed by atoms with E-state index >= 15 is 0 Å². The van der Waals surface area contributed by atoms with Crippen LogP contribution in [0, 0.1) is 0 Å². The Labute approximate surface area is 179 Å². The molecule has 0 radical (unpaired) electrons. The summed E-state index contributed by atoms with van der Waals surface area (Å²) in [6.45, 7) is -0.473. The lowest BCUT2D eigenvalue weighted by Crippen LogP contribution is -2.24. The minimum Gasteiger partial charge on any atom is -0.486 e. The Bertz CT molecular complexity index is 1080. The Kier molecular flexibility index (Phi) is 5.99. The van der Waals surface area contributed by atoms with E-state index in [-0.39, 0.29) is 18.3 Å². The van der Waals surface area contributed by atoms with Gasteiger partial charge in [0.15, 0.2) is 18.1 Å². The molecule has 0 saturated heterocycles. The van der Waals surface area contributed by atoms with Gasteiger partial charge in [-0.15, -0.1) is 11.3 Å². The third-order valence-corrected chi connectivity index (χ3v) is 5.45. The summed E-state index contributed by atoms with van der Waals surface area (Å²) < 4.78 is 53.1. The van der Waals surface area contributed by atoms with Gasteiger partial charge >= 0.3 is 6.18 Å². The Morgan fingerprint density at radius 3 is 2.74 bits per heavy atom. The highest BCUT2D eigenvalue weighted by molar-refractivity contribution is 7.17. The second-order valence-electron chi connectivity index (χ2n) is 6.58. The van der Waals surface area contributed by atoms with Crippen LogP contribution in [0.15, 0.2) is 48.7 Å². The van der Waals surface area contributed by atoms with Crippen molar-refractivity contribution in [1.82, 2.24) is 10.3 Å². The molecule has 0 spiro atoms. The average molecular weight is 450 g/mol. The number of hydrogen-bond acceptors (Lipinski definition) is 6. The van der Waals surface area contributed by atoms with Crippen LogP contribution in [0.1, 0.15) is 15.2 Å². The van der Waals surface area contributed by atoms with Gasteiger partial charge in [0.05, 0.1) is 4.88 Å². The Hall–Kier alpha value is -3.27. The second kappa shape index (κ2) is 8.84. The van der Waals surface area contributed by atoms with Crippen molar-refractivity contribution in [2.75, 3.05) is 19.8 Å². The fourth-order valence-electron chi connectivity index (χ4n) is 2.91. The first kappa shape index (κ1) is 21.0. The molecular formula is C21H17F3N2O4S. The summed E-state index contributed by atoms with van der Waals surface area (Å²) >= 11 is 1.29. The van der Waals surface area contributed by atoms with Gasteiger partial charge in [-0.1, -0.05) is 6.07 Å². The number of fused-ring (bicyclic) bond motifs is 1. The molecule has 0 fully saturated rings. The first-order valence-electron chi connectivity index (χ1n) is 9.30. The molecule has 1 aliphatic heterocycles. The van der Waals surface area contributed by atoms with Crippen molar-refractivity contribution in [2.24, 2.45) is 0 Å². The molecule has 3 aromatic rings. The maximum atomic E-state index is 12.5. The van der Waals surface area contributed by atoms with Crippen LogP contribution in [0.2, 0.25) is 0 Å². The first-order chi connectivity index (χ1) is 14.9. The maximum Gasteiger partial charge on any atom is 0.422 e. The molecule has 1 aromatic carbocycles. The fraction of sp³-hybridized carbons (Fsp3) is 0.238. The Morgan fingerprint density at radius 2 is 1.94 bits per heavy atom. The van der Waals surface area contributed by atoms with Crippen molar-refractivity contribution in [3.8, 4) is 27.8 Å². The minimum absolute atomic E-state index is 0.0167. The van der Waals surface area contributed by atoms with Gasteiger partial charge in [0.2, 0.25) is 5.88 Å². The van der Waals surface area contributed by atoms with E-state index in [1.54, 1.807) is 18.2 Å². The molecule has 0 saturated carbocycles. The summed E-state index contributed by atoms with van der Waals surface area (Å²) in [7, 11) is 0. The fourth-order valence-corrected chi connectivity index (χ4v) is 3.83. The molecule has 3 heterocycles. The number of carbonyl (C=O) groups is 1. The van der Waals surface area contributed by atoms with Gasteiger partial charge in [-0.05, 0) is 42.0 Å². The number of ether oxygens (including phenoxy) is 3. The molecule has 162 valence electrons. The maximum absolute atomic E-state index is 12.5. The summed E-state index contributed by atoms with van der Waals surface area (Å²) in [6, 6.07) is 12.2. The van der Waals surface area contributed by atoms with Crippen LogP contribution in [-0.4, -0.2) is 36.9 Å². The lowest BCUT2D eigenvalue weighted by atomic mass is 10.1. The highest BCUT2D eigenvalue weighted by Crippen LogP contribution is 2.37. The third-order valence-electron chi connectivity index (χ3n) is 4.32. The number of nitrogens with one attached hydrogen (secondary N) is 1. The smallest absolute Gasteiger partial charge is 0.422 e. The van der Waals surface area contributed by atoms with Gasteiger partial charge in [-0.2, -0.15) is 13.2 Å².